The lowest BCUT2D eigenvalue weighted by Gasteiger charge is -2.07. The van der Waals surface area contributed by atoms with Crippen molar-refractivity contribution in [2.24, 2.45) is 0 Å². The van der Waals surface area contributed by atoms with Gasteiger partial charge in [-0.2, -0.15) is 0 Å². The molecule has 0 aliphatic heterocycles. The van der Waals surface area contributed by atoms with Crippen LogP contribution in [0.2, 0.25) is 0 Å². The van der Waals surface area contributed by atoms with Gasteiger partial charge in [-0.25, -0.2) is 4.79 Å². The molecule has 0 heterocycles. The topological polar surface area (TPSA) is 52.6 Å². The second-order valence-electron chi connectivity index (χ2n) is 5.63. The lowest BCUT2D eigenvalue weighted by molar-refractivity contribution is 0.0735. The predicted octanol–water partition coefficient (Wildman–Crippen LogP) is 4.66. The van der Waals surface area contributed by atoms with Gasteiger partial charge in [-0.1, -0.05) is 12.1 Å². The molecular formula is C21H18O4. The van der Waals surface area contributed by atoms with Gasteiger partial charge in [-0.3, -0.25) is 4.79 Å². The Morgan fingerprint density at radius 2 is 1.40 bits per heavy atom. The molecule has 25 heavy (non-hydrogen) atoms. The molecule has 0 aromatic heterocycles. The molecule has 0 atom stereocenters. The van der Waals surface area contributed by atoms with Gasteiger partial charge < -0.3 is 9.47 Å². The molecule has 4 nitrogen and oxygen atoms in total. The number of hydrogen-bond donors (Lipinski definition) is 0. The third-order valence-corrected chi connectivity index (χ3v) is 3.83. The minimum Gasteiger partial charge on any atom is -0.494 e. The van der Waals surface area contributed by atoms with Crippen LogP contribution in [0.3, 0.4) is 0 Å². The maximum Gasteiger partial charge on any atom is 0.343 e. The first kappa shape index (κ1) is 16.7. The minimum atomic E-state index is -0.439. The average Bonchev–Trinajstić information content (AvgIpc) is 2.62. The number of carbonyl (C=O) groups is 2. The number of carbonyl (C=O) groups excluding carboxylic acids is 2. The number of rotatable bonds is 5. The second-order valence-corrected chi connectivity index (χ2v) is 5.63. The zero-order chi connectivity index (χ0) is 17.8. The van der Waals surface area contributed by atoms with Crippen LogP contribution in [0, 0.1) is 0 Å². The van der Waals surface area contributed by atoms with Crippen molar-refractivity contribution in [3.63, 3.8) is 0 Å². The fourth-order valence-corrected chi connectivity index (χ4v) is 2.53. The van der Waals surface area contributed by atoms with Crippen LogP contribution < -0.4 is 9.47 Å². The van der Waals surface area contributed by atoms with Gasteiger partial charge in [0, 0.05) is 5.56 Å². The molecule has 3 rings (SSSR count). The Morgan fingerprint density at radius 1 is 0.800 bits per heavy atom. The van der Waals surface area contributed by atoms with Crippen molar-refractivity contribution >= 4 is 22.5 Å². The highest BCUT2D eigenvalue weighted by molar-refractivity contribution is 5.97. The highest BCUT2D eigenvalue weighted by atomic mass is 16.5. The number of esters is 1. The van der Waals surface area contributed by atoms with Crippen molar-refractivity contribution in [1.82, 2.24) is 0 Å². The fraction of sp³-hybridized carbons (Fsp3) is 0.143. The third-order valence-electron chi connectivity index (χ3n) is 3.83. The lowest BCUT2D eigenvalue weighted by Crippen LogP contribution is -2.08. The molecule has 0 saturated heterocycles. The standard InChI is InChI=1S/C21H18O4/c1-3-24-20-11-8-16-12-18(5-4-17(16)13-20)21(23)25-19-9-6-15(7-10-19)14(2)22/h4-13H,3H2,1-2H3. The van der Waals surface area contributed by atoms with Crippen molar-refractivity contribution in [1.29, 1.82) is 0 Å². The first-order chi connectivity index (χ1) is 12.1. The van der Waals surface area contributed by atoms with Gasteiger partial charge in [0.25, 0.3) is 0 Å². The first-order valence-corrected chi connectivity index (χ1v) is 8.06. The van der Waals surface area contributed by atoms with E-state index in [0.29, 0.717) is 23.5 Å². The number of benzene rings is 3. The molecule has 0 bridgehead atoms. The van der Waals surface area contributed by atoms with Crippen molar-refractivity contribution < 1.29 is 19.1 Å². The van der Waals surface area contributed by atoms with Gasteiger partial charge in [-0.15, -0.1) is 0 Å². The molecule has 0 spiro atoms. The van der Waals surface area contributed by atoms with Crippen LogP contribution in [-0.4, -0.2) is 18.4 Å². The minimum absolute atomic E-state index is 0.0289. The molecule has 126 valence electrons. The fourth-order valence-electron chi connectivity index (χ4n) is 2.53. The van der Waals surface area contributed by atoms with Gasteiger partial charge in [0.2, 0.25) is 0 Å². The lowest BCUT2D eigenvalue weighted by atomic mass is 10.1. The molecule has 4 heteroatoms. The van der Waals surface area contributed by atoms with E-state index >= 15 is 0 Å². The third kappa shape index (κ3) is 3.86. The summed E-state index contributed by atoms with van der Waals surface area (Å²) in [5, 5.41) is 1.93. The van der Waals surface area contributed by atoms with Gasteiger partial charge in [0.1, 0.15) is 11.5 Å². The van der Waals surface area contributed by atoms with Gasteiger partial charge >= 0.3 is 5.97 Å². The molecule has 0 amide bonds. The summed E-state index contributed by atoms with van der Waals surface area (Å²) in [6, 6.07) is 17.6. The quantitative estimate of drug-likeness (QED) is 0.387. The van der Waals surface area contributed by atoms with E-state index < -0.39 is 5.97 Å². The molecule has 3 aromatic carbocycles. The summed E-state index contributed by atoms with van der Waals surface area (Å²) in [5.74, 6) is 0.739. The zero-order valence-corrected chi connectivity index (χ0v) is 14.1. The van der Waals surface area contributed by atoms with Crippen LogP contribution in [0.25, 0.3) is 10.8 Å². The van der Waals surface area contributed by atoms with Crippen LogP contribution in [0.15, 0.2) is 60.7 Å². The Hall–Kier alpha value is -3.14. The Bertz CT molecular complexity index is 926. The summed E-state index contributed by atoms with van der Waals surface area (Å²) < 4.78 is 10.9. The predicted molar refractivity (Wildman–Crippen MR) is 96.5 cm³/mol. The molecule has 0 radical (unpaired) electrons. The van der Waals surface area contributed by atoms with E-state index in [2.05, 4.69) is 0 Å². The van der Waals surface area contributed by atoms with Crippen LogP contribution in [0.5, 0.6) is 11.5 Å². The molecule has 0 aliphatic carbocycles. The number of fused-ring (bicyclic) bond motifs is 1. The van der Waals surface area contributed by atoms with E-state index in [1.165, 1.54) is 6.92 Å². The van der Waals surface area contributed by atoms with Crippen LogP contribution >= 0.6 is 0 Å². The number of ether oxygens (including phenoxy) is 2. The largest absolute Gasteiger partial charge is 0.494 e. The molecule has 3 aromatic rings. The van der Waals surface area contributed by atoms with Gasteiger partial charge in [0.15, 0.2) is 5.78 Å². The van der Waals surface area contributed by atoms with E-state index in [1.807, 2.05) is 31.2 Å². The zero-order valence-electron chi connectivity index (χ0n) is 14.1. The van der Waals surface area contributed by atoms with Gasteiger partial charge in [0.05, 0.1) is 12.2 Å². The van der Waals surface area contributed by atoms with Crippen LogP contribution in [0.4, 0.5) is 0 Å². The smallest absolute Gasteiger partial charge is 0.343 e. The molecule has 0 fully saturated rings. The first-order valence-electron chi connectivity index (χ1n) is 8.06. The maximum absolute atomic E-state index is 12.3. The Balaban J connectivity index is 1.79. The van der Waals surface area contributed by atoms with E-state index in [9.17, 15) is 9.59 Å². The van der Waals surface area contributed by atoms with Gasteiger partial charge in [-0.05, 0) is 73.2 Å². The Labute approximate surface area is 146 Å². The monoisotopic (exact) mass is 334 g/mol. The number of hydrogen-bond acceptors (Lipinski definition) is 4. The molecular weight excluding hydrogens is 316 g/mol. The van der Waals surface area contributed by atoms with Crippen molar-refractivity contribution in [3.8, 4) is 11.5 Å². The van der Waals surface area contributed by atoms with Crippen molar-refractivity contribution in [2.75, 3.05) is 6.61 Å². The SMILES string of the molecule is CCOc1ccc2cc(C(=O)Oc3ccc(C(C)=O)cc3)ccc2c1. The van der Waals surface area contributed by atoms with E-state index in [1.54, 1.807) is 36.4 Å². The Kier molecular flexibility index (Phi) is 4.80. The van der Waals surface area contributed by atoms with Crippen LogP contribution in [0.1, 0.15) is 34.6 Å². The molecule has 0 saturated carbocycles. The van der Waals surface area contributed by atoms with Crippen molar-refractivity contribution in [2.45, 2.75) is 13.8 Å². The summed E-state index contributed by atoms with van der Waals surface area (Å²) in [6.07, 6.45) is 0. The summed E-state index contributed by atoms with van der Waals surface area (Å²) in [4.78, 5) is 23.6. The van der Waals surface area contributed by atoms with Crippen LogP contribution in [-0.2, 0) is 0 Å². The normalized spacial score (nSPS) is 10.5. The van der Waals surface area contributed by atoms with Crippen molar-refractivity contribution in [3.05, 3.63) is 71.8 Å². The van der Waals surface area contributed by atoms with E-state index in [0.717, 1.165) is 16.5 Å². The summed E-state index contributed by atoms with van der Waals surface area (Å²) in [6.45, 7) is 4.04. The maximum atomic E-state index is 12.3. The highest BCUT2D eigenvalue weighted by Gasteiger charge is 2.10. The summed E-state index contributed by atoms with van der Waals surface area (Å²) in [7, 11) is 0. The number of ketones is 1. The highest BCUT2D eigenvalue weighted by Crippen LogP contribution is 2.23. The molecule has 0 aliphatic rings. The second kappa shape index (κ2) is 7.18. The van der Waals surface area contributed by atoms with E-state index in [-0.39, 0.29) is 5.78 Å². The average molecular weight is 334 g/mol. The molecule has 0 unspecified atom stereocenters. The summed E-state index contributed by atoms with van der Waals surface area (Å²) in [5.41, 5.74) is 1.04. The number of Topliss-reactive ketones (excluding diaryl/α,β-unsaturated/α-hetero) is 1. The summed E-state index contributed by atoms with van der Waals surface area (Å²) >= 11 is 0. The Morgan fingerprint density at radius 3 is 2.08 bits per heavy atom. The molecule has 0 N–H and O–H groups in total. The van der Waals surface area contributed by atoms with E-state index in [4.69, 9.17) is 9.47 Å².